The molecular formula is C18H17FN2O2. The molecule has 1 atom stereocenters. The molecule has 118 valence electrons. The van der Waals surface area contributed by atoms with Crippen LogP contribution < -0.4 is 0 Å². The molecule has 23 heavy (non-hydrogen) atoms. The molecule has 0 radical (unpaired) electrons. The number of allylic oxidation sites excluding steroid dienone is 4. The molecule has 0 unspecified atom stereocenters. The molecular weight excluding hydrogens is 295 g/mol. The van der Waals surface area contributed by atoms with Crippen LogP contribution in [0.4, 0.5) is 4.39 Å². The van der Waals surface area contributed by atoms with Crippen LogP contribution >= 0.6 is 0 Å². The van der Waals surface area contributed by atoms with Gasteiger partial charge in [0.2, 0.25) is 0 Å². The maximum atomic E-state index is 13.4. The number of rotatable bonds is 3. The molecule has 1 saturated carbocycles. The first kappa shape index (κ1) is 14.2. The number of hydrogen-bond donors (Lipinski definition) is 1. The van der Waals surface area contributed by atoms with Gasteiger partial charge in [-0.2, -0.15) is 0 Å². The minimum absolute atomic E-state index is 0.134. The lowest BCUT2D eigenvalue weighted by Crippen LogP contribution is -2.44. The number of benzene rings is 1. The van der Waals surface area contributed by atoms with E-state index in [4.69, 9.17) is 0 Å². The number of aliphatic carboxylic acids is 1. The number of hydrogen-bond acceptors (Lipinski definition) is 3. The van der Waals surface area contributed by atoms with Crippen molar-refractivity contribution in [3.8, 4) is 0 Å². The van der Waals surface area contributed by atoms with E-state index >= 15 is 0 Å². The van der Waals surface area contributed by atoms with Crippen LogP contribution in [0.1, 0.15) is 31.2 Å². The van der Waals surface area contributed by atoms with Crippen LogP contribution in [0.2, 0.25) is 0 Å². The van der Waals surface area contributed by atoms with Gasteiger partial charge < -0.3 is 10.0 Å². The quantitative estimate of drug-likeness (QED) is 0.932. The fraction of sp³-hybridized carbons (Fsp3) is 0.333. The van der Waals surface area contributed by atoms with Crippen molar-refractivity contribution in [2.45, 2.75) is 37.3 Å². The second-order valence-corrected chi connectivity index (χ2v) is 6.27. The van der Waals surface area contributed by atoms with Gasteiger partial charge >= 0.3 is 5.97 Å². The van der Waals surface area contributed by atoms with Gasteiger partial charge in [-0.05, 0) is 31.4 Å². The molecule has 0 bridgehead atoms. The molecule has 4 rings (SSSR count). The molecule has 1 aliphatic heterocycles. The highest BCUT2D eigenvalue weighted by molar-refractivity contribution is 6.04. The Morgan fingerprint density at radius 2 is 1.96 bits per heavy atom. The maximum absolute atomic E-state index is 13.4. The molecule has 1 aromatic rings. The zero-order valence-electron chi connectivity index (χ0n) is 12.6. The average Bonchev–Trinajstić information content (AvgIpc) is 3.25. The molecule has 0 saturated heterocycles. The number of carbonyl (C=O) groups is 1. The second kappa shape index (κ2) is 5.05. The Bertz CT molecular complexity index is 748. The average molecular weight is 312 g/mol. The third-order valence-corrected chi connectivity index (χ3v) is 4.81. The third kappa shape index (κ3) is 2.19. The van der Waals surface area contributed by atoms with Gasteiger partial charge in [0.15, 0.2) is 6.04 Å². The number of aliphatic imine (C=N–C) groups is 1. The van der Waals surface area contributed by atoms with Crippen LogP contribution in [0.25, 0.3) is 0 Å². The third-order valence-electron chi connectivity index (χ3n) is 4.81. The van der Waals surface area contributed by atoms with Crippen molar-refractivity contribution in [2.24, 2.45) is 4.99 Å². The number of halogens is 1. The molecule has 1 aromatic carbocycles. The fourth-order valence-electron chi connectivity index (χ4n) is 3.54. The number of amidine groups is 1. The minimum atomic E-state index is -0.892. The normalized spacial score (nSPS) is 25.0. The Morgan fingerprint density at radius 3 is 2.52 bits per heavy atom. The van der Waals surface area contributed by atoms with Crippen molar-refractivity contribution in [1.82, 2.24) is 4.90 Å². The summed E-state index contributed by atoms with van der Waals surface area (Å²) in [5.41, 5.74) is 1.39. The van der Waals surface area contributed by atoms with Gasteiger partial charge in [-0.1, -0.05) is 30.3 Å². The number of nitrogens with zero attached hydrogens (tertiary/aromatic N) is 2. The Balaban J connectivity index is 1.81. The summed E-state index contributed by atoms with van der Waals surface area (Å²) in [6, 6.07) is 8.87. The molecule has 1 heterocycles. The zero-order chi connectivity index (χ0) is 16.0. The summed E-state index contributed by atoms with van der Waals surface area (Å²) in [5, 5.41) is 9.59. The minimum Gasteiger partial charge on any atom is -0.480 e. The van der Waals surface area contributed by atoms with Crippen molar-refractivity contribution in [1.29, 1.82) is 0 Å². The van der Waals surface area contributed by atoms with Crippen LogP contribution in [-0.2, 0) is 4.79 Å². The van der Waals surface area contributed by atoms with Crippen molar-refractivity contribution in [3.05, 3.63) is 59.6 Å². The monoisotopic (exact) mass is 312 g/mol. The largest absolute Gasteiger partial charge is 0.480 e. The van der Waals surface area contributed by atoms with Crippen LogP contribution in [0.5, 0.6) is 0 Å². The fourth-order valence-corrected chi connectivity index (χ4v) is 3.54. The van der Waals surface area contributed by atoms with Crippen molar-refractivity contribution in [2.75, 3.05) is 0 Å². The molecule has 0 aromatic heterocycles. The van der Waals surface area contributed by atoms with Crippen molar-refractivity contribution < 1.29 is 14.3 Å². The van der Waals surface area contributed by atoms with E-state index < -0.39 is 17.6 Å². The van der Waals surface area contributed by atoms with E-state index in [1.165, 1.54) is 6.08 Å². The van der Waals surface area contributed by atoms with Crippen LogP contribution in [0, 0.1) is 0 Å². The summed E-state index contributed by atoms with van der Waals surface area (Å²) < 4.78 is 13.4. The topological polar surface area (TPSA) is 52.9 Å². The van der Waals surface area contributed by atoms with E-state index in [0.29, 0.717) is 18.7 Å². The lowest BCUT2D eigenvalue weighted by Gasteiger charge is -2.33. The Kier molecular flexibility index (Phi) is 3.11. The first-order valence-electron chi connectivity index (χ1n) is 7.83. The number of carboxylic acid groups (broad SMARTS) is 1. The predicted octanol–water partition coefficient (Wildman–Crippen LogP) is 3.27. The van der Waals surface area contributed by atoms with Crippen molar-refractivity contribution in [3.63, 3.8) is 0 Å². The van der Waals surface area contributed by atoms with Crippen LogP contribution in [0.15, 0.2) is 59.0 Å². The summed E-state index contributed by atoms with van der Waals surface area (Å²) >= 11 is 0. The lowest BCUT2D eigenvalue weighted by atomic mass is 10.0. The van der Waals surface area contributed by atoms with Crippen molar-refractivity contribution >= 4 is 11.8 Å². The Labute approximate surface area is 133 Å². The molecule has 4 nitrogen and oxygen atoms in total. The van der Waals surface area contributed by atoms with Gasteiger partial charge in [0.25, 0.3) is 0 Å². The van der Waals surface area contributed by atoms with E-state index in [1.54, 1.807) is 6.08 Å². The van der Waals surface area contributed by atoms with E-state index in [1.807, 2.05) is 30.3 Å². The molecule has 5 heteroatoms. The van der Waals surface area contributed by atoms with E-state index in [9.17, 15) is 14.3 Å². The number of carboxylic acids is 1. The second-order valence-electron chi connectivity index (χ2n) is 6.27. The van der Waals surface area contributed by atoms with Gasteiger partial charge in [0, 0.05) is 17.7 Å². The maximum Gasteiger partial charge on any atom is 0.330 e. The summed E-state index contributed by atoms with van der Waals surface area (Å²) in [6.45, 7) is 0. The highest BCUT2D eigenvalue weighted by Crippen LogP contribution is 2.53. The van der Waals surface area contributed by atoms with E-state index in [2.05, 4.69) is 9.89 Å². The SMILES string of the molecule is O=C(O)[C@H]1N=C(c2ccccc2)N(C2=CC=C(F)CC2)C12CC2. The smallest absolute Gasteiger partial charge is 0.330 e. The summed E-state index contributed by atoms with van der Waals surface area (Å²) in [5.74, 6) is -0.334. The molecule has 2 aliphatic carbocycles. The van der Waals surface area contributed by atoms with Crippen LogP contribution in [0.3, 0.4) is 0 Å². The van der Waals surface area contributed by atoms with Gasteiger partial charge in [0.1, 0.15) is 11.7 Å². The van der Waals surface area contributed by atoms with Gasteiger partial charge in [-0.25, -0.2) is 14.2 Å². The summed E-state index contributed by atoms with van der Waals surface area (Å²) in [4.78, 5) is 18.3. The predicted molar refractivity (Wildman–Crippen MR) is 84.7 cm³/mol. The summed E-state index contributed by atoms with van der Waals surface area (Å²) in [7, 11) is 0. The van der Waals surface area contributed by atoms with Gasteiger partial charge in [-0.15, -0.1) is 0 Å². The molecule has 1 N–H and O–H groups in total. The molecule has 3 aliphatic rings. The molecule has 1 fully saturated rings. The Hall–Kier alpha value is -2.43. The highest BCUT2D eigenvalue weighted by Gasteiger charge is 2.62. The first-order chi connectivity index (χ1) is 11.1. The zero-order valence-corrected chi connectivity index (χ0v) is 12.6. The van der Waals surface area contributed by atoms with Gasteiger partial charge in [0.05, 0.1) is 5.54 Å². The first-order valence-corrected chi connectivity index (χ1v) is 7.83. The van der Waals surface area contributed by atoms with Gasteiger partial charge in [-0.3, -0.25) is 0 Å². The van der Waals surface area contributed by atoms with Crippen LogP contribution in [-0.4, -0.2) is 33.4 Å². The lowest BCUT2D eigenvalue weighted by molar-refractivity contribution is -0.139. The highest BCUT2D eigenvalue weighted by atomic mass is 19.1. The van der Waals surface area contributed by atoms with E-state index in [0.717, 1.165) is 24.1 Å². The van der Waals surface area contributed by atoms with E-state index in [-0.39, 0.29) is 5.83 Å². The molecule has 1 spiro atoms. The standard InChI is InChI=1S/C18H17FN2O2/c19-13-6-8-14(9-7-13)21-16(12-4-2-1-3-5-12)20-15(17(22)23)18(21)10-11-18/h1-6,8,15H,7,9-11H2,(H,22,23)/t15-/m1/s1. The Morgan fingerprint density at radius 1 is 1.22 bits per heavy atom. The summed E-state index contributed by atoms with van der Waals surface area (Å²) in [6.07, 6.45) is 5.77. The molecule has 0 amide bonds.